The van der Waals surface area contributed by atoms with E-state index in [0.29, 0.717) is 11.1 Å². The Kier molecular flexibility index (Phi) is 5.20. The molecule has 0 radical (unpaired) electrons. The topological polar surface area (TPSA) is 89.3 Å². The summed E-state index contributed by atoms with van der Waals surface area (Å²) in [6, 6.07) is 13.1. The van der Waals surface area contributed by atoms with Gasteiger partial charge < -0.3 is 5.32 Å². The number of carbonyl (C=O) groups excluding carboxylic acids is 1. The van der Waals surface area contributed by atoms with Crippen molar-refractivity contribution in [1.29, 1.82) is 0 Å². The van der Waals surface area contributed by atoms with Crippen LogP contribution >= 0.6 is 22.6 Å². The largest absolute Gasteiger partial charge is 0.345 e. The third-order valence-corrected chi connectivity index (χ3v) is 5.00. The summed E-state index contributed by atoms with van der Waals surface area (Å²) in [6.07, 6.45) is 0. The van der Waals surface area contributed by atoms with Crippen LogP contribution in [0.3, 0.4) is 0 Å². The Hall–Kier alpha value is -1.45. The third-order valence-electron chi connectivity index (χ3n) is 3.15. The van der Waals surface area contributed by atoms with E-state index in [0.717, 1.165) is 3.57 Å². The first-order valence-corrected chi connectivity index (χ1v) is 9.09. The normalized spacial score (nSPS) is 12.7. The SMILES string of the molecule is CC(NC(=O)c1ccccc1I)c1cccc(S(N)(=O)=O)c1. The molecule has 22 heavy (non-hydrogen) atoms. The number of amides is 1. The minimum atomic E-state index is -3.76. The van der Waals surface area contributed by atoms with Crippen molar-refractivity contribution in [2.75, 3.05) is 0 Å². The summed E-state index contributed by atoms with van der Waals surface area (Å²) < 4.78 is 23.6. The number of hydrogen-bond donors (Lipinski definition) is 2. The molecule has 1 atom stereocenters. The first kappa shape index (κ1) is 16.9. The van der Waals surface area contributed by atoms with Crippen molar-refractivity contribution in [1.82, 2.24) is 5.32 Å². The van der Waals surface area contributed by atoms with E-state index in [1.807, 2.05) is 12.1 Å². The molecule has 0 fully saturated rings. The van der Waals surface area contributed by atoms with Crippen molar-refractivity contribution in [3.8, 4) is 0 Å². The Balaban J connectivity index is 2.21. The zero-order valence-electron chi connectivity index (χ0n) is 11.8. The molecule has 5 nitrogen and oxygen atoms in total. The number of halogens is 1. The average Bonchev–Trinajstić information content (AvgIpc) is 2.46. The van der Waals surface area contributed by atoms with Crippen molar-refractivity contribution < 1.29 is 13.2 Å². The van der Waals surface area contributed by atoms with E-state index in [1.54, 1.807) is 31.2 Å². The highest BCUT2D eigenvalue weighted by Gasteiger charge is 2.15. The zero-order valence-corrected chi connectivity index (χ0v) is 14.8. The van der Waals surface area contributed by atoms with Gasteiger partial charge in [-0.05, 0) is 59.3 Å². The molecule has 116 valence electrons. The number of primary sulfonamides is 1. The molecule has 0 heterocycles. The van der Waals surface area contributed by atoms with Crippen LogP contribution in [0.2, 0.25) is 0 Å². The molecule has 0 bridgehead atoms. The summed E-state index contributed by atoms with van der Waals surface area (Å²) in [7, 11) is -3.76. The molecule has 0 saturated carbocycles. The van der Waals surface area contributed by atoms with E-state index in [-0.39, 0.29) is 16.8 Å². The fourth-order valence-corrected chi connectivity index (χ4v) is 3.16. The number of hydrogen-bond acceptors (Lipinski definition) is 3. The van der Waals surface area contributed by atoms with Gasteiger partial charge in [-0.15, -0.1) is 0 Å². The Morgan fingerprint density at radius 3 is 2.50 bits per heavy atom. The molecule has 0 aliphatic carbocycles. The van der Waals surface area contributed by atoms with E-state index in [9.17, 15) is 13.2 Å². The molecule has 2 aromatic carbocycles. The van der Waals surface area contributed by atoms with E-state index in [4.69, 9.17) is 5.14 Å². The molecular formula is C15H15IN2O3S. The van der Waals surface area contributed by atoms with Gasteiger partial charge >= 0.3 is 0 Å². The Morgan fingerprint density at radius 2 is 1.86 bits per heavy atom. The van der Waals surface area contributed by atoms with Crippen LogP contribution in [0.15, 0.2) is 53.4 Å². The predicted octanol–water partition coefficient (Wildman–Crippen LogP) is 2.43. The van der Waals surface area contributed by atoms with Crippen molar-refractivity contribution in [2.45, 2.75) is 17.9 Å². The summed E-state index contributed by atoms with van der Waals surface area (Å²) in [5, 5.41) is 7.97. The van der Waals surface area contributed by atoms with Crippen LogP contribution in [-0.2, 0) is 10.0 Å². The highest BCUT2D eigenvalue weighted by atomic mass is 127. The number of sulfonamides is 1. The van der Waals surface area contributed by atoms with Crippen LogP contribution in [0, 0.1) is 3.57 Å². The summed E-state index contributed by atoms with van der Waals surface area (Å²) in [5.74, 6) is -0.210. The van der Waals surface area contributed by atoms with Crippen LogP contribution < -0.4 is 10.5 Å². The van der Waals surface area contributed by atoms with Crippen LogP contribution in [0.1, 0.15) is 28.9 Å². The fraction of sp³-hybridized carbons (Fsp3) is 0.133. The second-order valence-corrected chi connectivity index (χ2v) is 7.52. The molecule has 0 aromatic heterocycles. The number of benzene rings is 2. The zero-order chi connectivity index (χ0) is 16.3. The van der Waals surface area contributed by atoms with Crippen molar-refractivity contribution in [3.05, 3.63) is 63.2 Å². The number of nitrogens with two attached hydrogens (primary N) is 1. The molecule has 1 unspecified atom stereocenters. The van der Waals surface area contributed by atoms with Crippen molar-refractivity contribution in [2.24, 2.45) is 5.14 Å². The second-order valence-electron chi connectivity index (χ2n) is 4.79. The molecule has 2 rings (SSSR count). The molecule has 0 aliphatic heterocycles. The van der Waals surface area contributed by atoms with Crippen LogP contribution in [0.5, 0.6) is 0 Å². The Morgan fingerprint density at radius 1 is 1.18 bits per heavy atom. The summed E-state index contributed by atoms with van der Waals surface area (Å²) in [4.78, 5) is 12.3. The molecule has 3 N–H and O–H groups in total. The van der Waals surface area contributed by atoms with Gasteiger partial charge in [0.15, 0.2) is 0 Å². The maximum atomic E-state index is 12.3. The molecule has 0 aliphatic rings. The van der Waals surface area contributed by atoms with Gasteiger partial charge in [-0.25, -0.2) is 13.6 Å². The number of rotatable bonds is 4. The second kappa shape index (κ2) is 6.76. The maximum absolute atomic E-state index is 12.3. The lowest BCUT2D eigenvalue weighted by atomic mass is 10.1. The lowest BCUT2D eigenvalue weighted by Gasteiger charge is -2.15. The van der Waals surface area contributed by atoms with Gasteiger partial charge in [0, 0.05) is 3.57 Å². The standard InChI is InChI=1S/C15H15IN2O3S/c1-10(11-5-4-6-12(9-11)22(17,20)21)18-15(19)13-7-2-3-8-14(13)16/h2-10H,1H3,(H,18,19)(H2,17,20,21). The van der Waals surface area contributed by atoms with Crippen LogP contribution in [0.25, 0.3) is 0 Å². The lowest BCUT2D eigenvalue weighted by Crippen LogP contribution is -2.27. The predicted molar refractivity (Wildman–Crippen MR) is 92.9 cm³/mol. The molecule has 2 aromatic rings. The van der Waals surface area contributed by atoms with E-state index in [1.165, 1.54) is 12.1 Å². The fourth-order valence-electron chi connectivity index (χ4n) is 1.96. The highest BCUT2D eigenvalue weighted by Crippen LogP contribution is 2.18. The van der Waals surface area contributed by atoms with E-state index < -0.39 is 10.0 Å². The summed E-state index contributed by atoms with van der Waals surface area (Å²) in [6.45, 7) is 1.79. The lowest BCUT2D eigenvalue weighted by molar-refractivity contribution is 0.0939. The third kappa shape index (κ3) is 4.05. The molecule has 1 amide bonds. The van der Waals surface area contributed by atoms with Gasteiger partial charge in [0.1, 0.15) is 0 Å². The van der Waals surface area contributed by atoms with E-state index in [2.05, 4.69) is 27.9 Å². The minimum Gasteiger partial charge on any atom is -0.345 e. The Bertz CT molecular complexity index is 806. The van der Waals surface area contributed by atoms with E-state index >= 15 is 0 Å². The van der Waals surface area contributed by atoms with Gasteiger partial charge in [0.2, 0.25) is 10.0 Å². The van der Waals surface area contributed by atoms with Gasteiger partial charge in [-0.3, -0.25) is 4.79 Å². The first-order chi connectivity index (χ1) is 10.3. The smallest absolute Gasteiger partial charge is 0.252 e. The van der Waals surface area contributed by atoms with Crippen LogP contribution in [-0.4, -0.2) is 14.3 Å². The summed E-state index contributed by atoms with van der Waals surface area (Å²) >= 11 is 2.10. The molecule has 7 heteroatoms. The summed E-state index contributed by atoms with van der Waals surface area (Å²) in [5.41, 5.74) is 1.25. The average molecular weight is 430 g/mol. The molecule has 0 saturated heterocycles. The van der Waals surface area contributed by atoms with Gasteiger partial charge in [0.05, 0.1) is 16.5 Å². The Labute approximate surface area is 143 Å². The van der Waals surface area contributed by atoms with Crippen molar-refractivity contribution in [3.63, 3.8) is 0 Å². The number of nitrogens with one attached hydrogen (secondary N) is 1. The quantitative estimate of drug-likeness (QED) is 0.731. The first-order valence-electron chi connectivity index (χ1n) is 6.47. The van der Waals surface area contributed by atoms with Gasteiger partial charge in [-0.2, -0.15) is 0 Å². The number of carbonyl (C=O) groups is 1. The maximum Gasteiger partial charge on any atom is 0.252 e. The van der Waals surface area contributed by atoms with Crippen molar-refractivity contribution >= 4 is 38.5 Å². The molecular weight excluding hydrogens is 415 g/mol. The van der Waals surface area contributed by atoms with Gasteiger partial charge in [-0.1, -0.05) is 24.3 Å². The monoisotopic (exact) mass is 430 g/mol. The minimum absolute atomic E-state index is 0.0281. The van der Waals surface area contributed by atoms with Gasteiger partial charge in [0.25, 0.3) is 5.91 Å². The van der Waals surface area contributed by atoms with Crippen LogP contribution in [0.4, 0.5) is 0 Å². The highest BCUT2D eigenvalue weighted by molar-refractivity contribution is 14.1. The molecule has 0 spiro atoms.